The summed E-state index contributed by atoms with van der Waals surface area (Å²) in [5.41, 5.74) is 2.75. The summed E-state index contributed by atoms with van der Waals surface area (Å²) in [7, 11) is 0. The third kappa shape index (κ3) is 3.91. The summed E-state index contributed by atoms with van der Waals surface area (Å²) in [5.74, 6) is -2.24. The molecule has 0 aliphatic rings. The van der Waals surface area contributed by atoms with Gasteiger partial charge in [0, 0.05) is 5.02 Å². The molecule has 0 atom stereocenters. The van der Waals surface area contributed by atoms with Crippen molar-refractivity contribution in [1.82, 2.24) is 0 Å². The predicted molar refractivity (Wildman–Crippen MR) is 94.0 cm³/mol. The first kappa shape index (κ1) is 17.2. The molecule has 25 heavy (non-hydrogen) atoms. The SMILES string of the molecule is Cc1cc(Cl)ccc1OCc1cccc(-c2cc(F)c(O)c(F)c2)c1. The molecule has 128 valence electrons. The summed E-state index contributed by atoms with van der Waals surface area (Å²) in [5, 5.41) is 9.85. The van der Waals surface area contributed by atoms with Crippen LogP contribution in [0.15, 0.2) is 54.6 Å². The Kier molecular flexibility index (Phi) is 4.91. The van der Waals surface area contributed by atoms with E-state index in [-0.39, 0.29) is 0 Å². The molecule has 3 rings (SSSR count). The second-order valence-corrected chi connectivity index (χ2v) is 6.12. The zero-order valence-corrected chi connectivity index (χ0v) is 14.1. The van der Waals surface area contributed by atoms with E-state index in [1.807, 2.05) is 19.1 Å². The Morgan fingerprint density at radius 2 is 1.68 bits per heavy atom. The van der Waals surface area contributed by atoms with Crippen LogP contribution in [0.3, 0.4) is 0 Å². The lowest BCUT2D eigenvalue weighted by atomic mass is 10.0. The Morgan fingerprint density at radius 1 is 0.960 bits per heavy atom. The summed E-state index contributed by atoms with van der Waals surface area (Å²) in [6, 6.07) is 14.7. The maximum atomic E-state index is 13.5. The van der Waals surface area contributed by atoms with E-state index >= 15 is 0 Å². The number of ether oxygens (including phenoxy) is 1. The minimum absolute atomic E-state index is 0.305. The molecule has 5 heteroatoms. The third-order valence-electron chi connectivity index (χ3n) is 3.81. The van der Waals surface area contributed by atoms with E-state index in [4.69, 9.17) is 16.3 Å². The Bertz CT molecular complexity index is 902. The standard InChI is InChI=1S/C20H15ClF2O2/c1-12-7-16(21)5-6-19(12)25-11-13-3-2-4-14(8-13)15-9-17(22)20(24)18(23)10-15/h2-10,24H,11H2,1H3. The molecule has 0 aliphatic carbocycles. The van der Waals surface area contributed by atoms with Crippen LogP contribution in [0.5, 0.6) is 11.5 Å². The van der Waals surface area contributed by atoms with Gasteiger partial charge in [0.05, 0.1) is 0 Å². The number of phenols is 1. The first-order chi connectivity index (χ1) is 11.9. The molecule has 3 aromatic rings. The number of benzene rings is 3. The fourth-order valence-electron chi connectivity index (χ4n) is 2.51. The number of aryl methyl sites for hydroxylation is 1. The van der Waals surface area contributed by atoms with Gasteiger partial charge < -0.3 is 9.84 Å². The molecule has 1 N–H and O–H groups in total. The maximum absolute atomic E-state index is 13.5. The fraction of sp³-hybridized carbons (Fsp3) is 0.100. The molecule has 0 fully saturated rings. The zero-order chi connectivity index (χ0) is 18.0. The van der Waals surface area contributed by atoms with Gasteiger partial charge in [-0.25, -0.2) is 8.78 Å². The van der Waals surface area contributed by atoms with Crippen molar-refractivity contribution >= 4 is 11.6 Å². The van der Waals surface area contributed by atoms with Crippen LogP contribution in [0.2, 0.25) is 5.02 Å². The summed E-state index contributed by atoms with van der Waals surface area (Å²) in [4.78, 5) is 0. The van der Waals surface area contributed by atoms with Crippen LogP contribution < -0.4 is 4.74 Å². The molecule has 3 aromatic carbocycles. The normalized spacial score (nSPS) is 10.7. The summed E-state index contributed by atoms with van der Waals surface area (Å²) < 4.78 is 32.9. The summed E-state index contributed by atoms with van der Waals surface area (Å²) >= 11 is 5.92. The molecular weight excluding hydrogens is 346 g/mol. The van der Waals surface area contributed by atoms with E-state index in [9.17, 15) is 13.9 Å². The van der Waals surface area contributed by atoms with E-state index in [1.54, 1.807) is 30.3 Å². The van der Waals surface area contributed by atoms with Crippen molar-refractivity contribution in [3.05, 3.63) is 82.4 Å². The van der Waals surface area contributed by atoms with Crippen LogP contribution in [0.4, 0.5) is 8.78 Å². The number of aromatic hydroxyl groups is 1. The lowest BCUT2D eigenvalue weighted by Gasteiger charge is -2.11. The number of rotatable bonds is 4. The molecule has 0 heterocycles. The molecule has 0 saturated carbocycles. The molecular formula is C20H15ClF2O2. The number of hydrogen-bond acceptors (Lipinski definition) is 2. The monoisotopic (exact) mass is 360 g/mol. The van der Waals surface area contributed by atoms with Crippen molar-refractivity contribution in [3.63, 3.8) is 0 Å². The van der Waals surface area contributed by atoms with Crippen molar-refractivity contribution in [2.24, 2.45) is 0 Å². The molecule has 0 radical (unpaired) electrons. The minimum Gasteiger partial charge on any atom is -0.503 e. The Labute approximate surface area is 149 Å². The molecule has 0 aliphatic heterocycles. The van der Waals surface area contributed by atoms with Gasteiger partial charge in [0.2, 0.25) is 0 Å². The highest BCUT2D eigenvalue weighted by Gasteiger charge is 2.11. The average Bonchev–Trinajstić information content (AvgIpc) is 2.59. The predicted octanol–water partition coefficient (Wildman–Crippen LogP) is 5.88. The highest BCUT2D eigenvalue weighted by Crippen LogP contribution is 2.29. The lowest BCUT2D eigenvalue weighted by Crippen LogP contribution is -1.97. The Hall–Kier alpha value is -2.59. The topological polar surface area (TPSA) is 29.5 Å². The smallest absolute Gasteiger partial charge is 0.187 e. The van der Waals surface area contributed by atoms with Crippen LogP contribution in [-0.4, -0.2) is 5.11 Å². The summed E-state index contributed by atoms with van der Waals surface area (Å²) in [6.45, 7) is 2.21. The molecule has 0 spiro atoms. The van der Waals surface area contributed by atoms with Crippen LogP contribution in [0.1, 0.15) is 11.1 Å². The minimum atomic E-state index is -0.992. The van der Waals surface area contributed by atoms with Crippen molar-refractivity contribution in [1.29, 1.82) is 0 Å². The average molecular weight is 361 g/mol. The van der Waals surface area contributed by atoms with Gasteiger partial charge >= 0.3 is 0 Å². The largest absolute Gasteiger partial charge is 0.503 e. The van der Waals surface area contributed by atoms with Crippen molar-refractivity contribution in [2.45, 2.75) is 13.5 Å². The molecule has 2 nitrogen and oxygen atoms in total. The van der Waals surface area contributed by atoms with Gasteiger partial charge in [-0.2, -0.15) is 0 Å². The van der Waals surface area contributed by atoms with E-state index in [2.05, 4.69) is 0 Å². The highest BCUT2D eigenvalue weighted by atomic mass is 35.5. The highest BCUT2D eigenvalue weighted by molar-refractivity contribution is 6.30. The quantitative estimate of drug-likeness (QED) is 0.629. The number of phenolic OH excluding ortho intramolecular Hbond substituents is 1. The van der Waals surface area contributed by atoms with Gasteiger partial charge in [-0.05, 0) is 65.6 Å². The van der Waals surface area contributed by atoms with Gasteiger partial charge in [0.25, 0.3) is 0 Å². The molecule has 0 aromatic heterocycles. The number of hydrogen-bond donors (Lipinski definition) is 1. The van der Waals surface area contributed by atoms with Crippen molar-refractivity contribution < 1.29 is 18.6 Å². The van der Waals surface area contributed by atoms with Crippen molar-refractivity contribution in [2.75, 3.05) is 0 Å². The van der Waals surface area contributed by atoms with E-state index < -0.39 is 17.4 Å². The fourth-order valence-corrected chi connectivity index (χ4v) is 2.74. The second kappa shape index (κ2) is 7.11. The van der Waals surface area contributed by atoms with E-state index in [0.29, 0.717) is 22.8 Å². The van der Waals surface area contributed by atoms with Gasteiger partial charge in [0.15, 0.2) is 17.4 Å². The Morgan fingerprint density at radius 3 is 2.36 bits per heavy atom. The van der Waals surface area contributed by atoms with Crippen LogP contribution in [-0.2, 0) is 6.61 Å². The maximum Gasteiger partial charge on any atom is 0.187 e. The number of halogens is 3. The molecule has 0 bridgehead atoms. The Balaban J connectivity index is 1.82. The zero-order valence-electron chi connectivity index (χ0n) is 13.4. The molecule has 0 amide bonds. The van der Waals surface area contributed by atoms with E-state index in [1.165, 1.54) is 0 Å². The first-order valence-electron chi connectivity index (χ1n) is 7.60. The van der Waals surface area contributed by atoms with Crippen molar-refractivity contribution in [3.8, 4) is 22.6 Å². The van der Waals surface area contributed by atoms with Gasteiger partial charge in [-0.3, -0.25) is 0 Å². The van der Waals surface area contributed by atoms with Gasteiger partial charge in [-0.15, -0.1) is 0 Å². The van der Waals surface area contributed by atoms with E-state index in [0.717, 1.165) is 29.0 Å². The van der Waals surface area contributed by atoms with Crippen LogP contribution >= 0.6 is 11.6 Å². The first-order valence-corrected chi connectivity index (χ1v) is 7.98. The van der Waals surface area contributed by atoms with Crippen LogP contribution in [0.25, 0.3) is 11.1 Å². The van der Waals surface area contributed by atoms with Crippen LogP contribution in [0, 0.1) is 18.6 Å². The summed E-state index contributed by atoms with van der Waals surface area (Å²) in [6.07, 6.45) is 0. The lowest BCUT2D eigenvalue weighted by molar-refractivity contribution is 0.304. The molecule has 0 unspecified atom stereocenters. The molecule has 0 saturated heterocycles. The van der Waals surface area contributed by atoms with Gasteiger partial charge in [-0.1, -0.05) is 29.8 Å². The van der Waals surface area contributed by atoms with Gasteiger partial charge in [0.1, 0.15) is 12.4 Å². The second-order valence-electron chi connectivity index (χ2n) is 5.69. The third-order valence-corrected chi connectivity index (χ3v) is 4.04.